The van der Waals surface area contributed by atoms with E-state index in [0.29, 0.717) is 5.56 Å². The second kappa shape index (κ2) is 3.34. The molecule has 0 aliphatic rings. The first-order valence-corrected chi connectivity index (χ1v) is 5.18. The molecule has 0 saturated heterocycles. The Bertz CT molecular complexity index is 539. The van der Waals surface area contributed by atoms with E-state index in [1.807, 2.05) is 32.9 Å². The Morgan fingerprint density at radius 2 is 1.53 bits per heavy atom. The van der Waals surface area contributed by atoms with Crippen LogP contribution in [0.3, 0.4) is 0 Å². The summed E-state index contributed by atoms with van der Waals surface area (Å²) in [4.78, 5) is 0. The Morgan fingerprint density at radius 3 is 2.20 bits per heavy atom. The molecule has 0 nitrogen and oxygen atoms in total. The summed E-state index contributed by atoms with van der Waals surface area (Å²) in [5.74, 6) is -0.0758. The summed E-state index contributed by atoms with van der Waals surface area (Å²) in [7, 11) is 0. The van der Waals surface area contributed by atoms with Crippen molar-refractivity contribution in [1.29, 1.82) is 0 Å². The van der Waals surface area contributed by atoms with Gasteiger partial charge in [0.15, 0.2) is 0 Å². The van der Waals surface area contributed by atoms with E-state index >= 15 is 0 Å². The summed E-state index contributed by atoms with van der Waals surface area (Å²) in [5, 5.41) is 1.77. The standard InChI is InChI=1S/C14H15F/c1-8-5-6-12-7-9(2)10(3)11(4)13(12)14(8)15/h5-7H,1-4H3. The molecule has 78 valence electrons. The van der Waals surface area contributed by atoms with Crippen LogP contribution in [-0.2, 0) is 0 Å². The van der Waals surface area contributed by atoms with Gasteiger partial charge in [0.1, 0.15) is 5.82 Å². The topological polar surface area (TPSA) is 0 Å². The molecule has 2 aromatic carbocycles. The average molecular weight is 202 g/mol. The van der Waals surface area contributed by atoms with Crippen molar-refractivity contribution in [2.24, 2.45) is 0 Å². The maximum absolute atomic E-state index is 14.0. The zero-order chi connectivity index (χ0) is 11.2. The second-order valence-corrected chi connectivity index (χ2v) is 4.24. The number of fused-ring (bicyclic) bond motifs is 1. The van der Waals surface area contributed by atoms with Crippen molar-refractivity contribution in [2.75, 3.05) is 0 Å². The van der Waals surface area contributed by atoms with E-state index in [-0.39, 0.29) is 5.82 Å². The van der Waals surface area contributed by atoms with Gasteiger partial charge in [0.2, 0.25) is 0 Å². The number of benzene rings is 2. The summed E-state index contributed by atoms with van der Waals surface area (Å²) in [5.41, 5.74) is 4.19. The largest absolute Gasteiger partial charge is 0.206 e. The van der Waals surface area contributed by atoms with Crippen molar-refractivity contribution in [3.8, 4) is 0 Å². The summed E-state index contributed by atoms with van der Waals surface area (Å²) >= 11 is 0. The van der Waals surface area contributed by atoms with Crippen LogP contribution in [0.2, 0.25) is 0 Å². The van der Waals surface area contributed by atoms with Gasteiger partial charge in [-0.15, -0.1) is 0 Å². The van der Waals surface area contributed by atoms with E-state index in [1.54, 1.807) is 0 Å². The third-order valence-corrected chi connectivity index (χ3v) is 3.27. The Labute approximate surface area is 89.7 Å². The highest BCUT2D eigenvalue weighted by Gasteiger charge is 2.09. The van der Waals surface area contributed by atoms with E-state index in [1.165, 1.54) is 11.1 Å². The number of halogens is 1. The molecular formula is C14H15F. The van der Waals surface area contributed by atoms with Crippen LogP contribution >= 0.6 is 0 Å². The fourth-order valence-corrected chi connectivity index (χ4v) is 2.02. The molecule has 2 aromatic rings. The summed E-state index contributed by atoms with van der Waals surface area (Å²) in [6, 6.07) is 5.89. The zero-order valence-corrected chi connectivity index (χ0v) is 9.61. The molecule has 0 aromatic heterocycles. The van der Waals surface area contributed by atoms with E-state index in [4.69, 9.17) is 0 Å². The van der Waals surface area contributed by atoms with Gasteiger partial charge in [0.25, 0.3) is 0 Å². The van der Waals surface area contributed by atoms with Gasteiger partial charge in [-0.3, -0.25) is 0 Å². The second-order valence-electron chi connectivity index (χ2n) is 4.24. The van der Waals surface area contributed by atoms with Gasteiger partial charge >= 0.3 is 0 Å². The quantitative estimate of drug-likeness (QED) is 0.600. The van der Waals surface area contributed by atoms with Gasteiger partial charge in [-0.25, -0.2) is 4.39 Å². The van der Waals surface area contributed by atoms with E-state index in [2.05, 4.69) is 13.0 Å². The molecule has 2 rings (SSSR count). The molecule has 0 bridgehead atoms. The lowest BCUT2D eigenvalue weighted by molar-refractivity contribution is 0.630. The number of aryl methyl sites for hydroxylation is 3. The Hall–Kier alpha value is -1.37. The van der Waals surface area contributed by atoms with Gasteiger partial charge in [-0.05, 0) is 55.3 Å². The highest BCUT2D eigenvalue weighted by atomic mass is 19.1. The summed E-state index contributed by atoms with van der Waals surface area (Å²) < 4.78 is 14.0. The molecule has 0 spiro atoms. The Kier molecular flexibility index (Phi) is 2.26. The predicted octanol–water partition coefficient (Wildman–Crippen LogP) is 4.21. The number of hydrogen-bond acceptors (Lipinski definition) is 0. The SMILES string of the molecule is Cc1cc2ccc(C)c(F)c2c(C)c1C. The predicted molar refractivity (Wildman–Crippen MR) is 62.9 cm³/mol. The molecule has 0 atom stereocenters. The maximum atomic E-state index is 14.0. The molecule has 0 unspecified atom stereocenters. The zero-order valence-electron chi connectivity index (χ0n) is 9.61. The minimum Gasteiger partial charge on any atom is -0.206 e. The van der Waals surface area contributed by atoms with Crippen LogP contribution in [0.5, 0.6) is 0 Å². The van der Waals surface area contributed by atoms with Crippen molar-refractivity contribution in [2.45, 2.75) is 27.7 Å². The van der Waals surface area contributed by atoms with Crippen LogP contribution < -0.4 is 0 Å². The van der Waals surface area contributed by atoms with Gasteiger partial charge in [0.05, 0.1) is 0 Å². The van der Waals surface area contributed by atoms with Crippen LogP contribution in [0.15, 0.2) is 18.2 Å². The highest BCUT2D eigenvalue weighted by molar-refractivity contribution is 5.88. The van der Waals surface area contributed by atoms with Crippen LogP contribution in [0.1, 0.15) is 22.3 Å². The third-order valence-electron chi connectivity index (χ3n) is 3.27. The lowest BCUT2D eigenvalue weighted by Gasteiger charge is -2.11. The fraction of sp³-hybridized carbons (Fsp3) is 0.286. The Balaban J connectivity index is 3.00. The molecule has 0 heterocycles. The molecular weight excluding hydrogens is 187 g/mol. The van der Waals surface area contributed by atoms with Crippen LogP contribution in [0, 0.1) is 33.5 Å². The van der Waals surface area contributed by atoms with Crippen molar-refractivity contribution in [1.82, 2.24) is 0 Å². The summed E-state index contributed by atoms with van der Waals surface area (Å²) in [6.45, 7) is 7.92. The van der Waals surface area contributed by atoms with Crippen molar-refractivity contribution in [3.05, 3.63) is 46.3 Å². The first-order valence-electron chi connectivity index (χ1n) is 5.18. The number of hydrogen-bond donors (Lipinski definition) is 0. The first-order chi connectivity index (χ1) is 7.02. The molecule has 0 fully saturated rings. The van der Waals surface area contributed by atoms with Crippen LogP contribution in [0.4, 0.5) is 4.39 Å². The smallest absolute Gasteiger partial charge is 0.134 e. The van der Waals surface area contributed by atoms with E-state index < -0.39 is 0 Å². The van der Waals surface area contributed by atoms with Crippen LogP contribution in [-0.4, -0.2) is 0 Å². The summed E-state index contributed by atoms with van der Waals surface area (Å²) in [6.07, 6.45) is 0. The lowest BCUT2D eigenvalue weighted by atomic mass is 9.95. The molecule has 0 saturated carbocycles. The molecule has 0 N–H and O–H groups in total. The highest BCUT2D eigenvalue weighted by Crippen LogP contribution is 2.28. The van der Waals surface area contributed by atoms with Gasteiger partial charge in [-0.2, -0.15) is 0 Å². The van der Waals surface area contributed by atoms with E-state index in [9.17, 15) is 4.39 Å². The minimum absolute atomic E-state index is 0.0758. The molecule has 0 amide bonds. The van der Waals surface area contributed by atoms with Gasteiger partial charge in [0, 0.05) is 5.39 Å². The van der Waals surface area contributed by atoms with Crippen molar-refractivity contribution in [3.63, 3.8) is 0 Å². The molecule has 15 heavy (non-hydrogen) atoms. The third kappa shape index (κ3) is 1.43. The monoisotopic (exact) mass is 202 g/mol. The molecule has 1 heteroatoms. The maximum Gasteiger partial charge on any atom is 0.134 e. The number of rotatable bonds is 0. The van der Waals surface area contributed by atoms with Crippen molar-refractivity contribution < 1.29 is 4.39 Å². The van der Waals surface area contributed by atoms with Gasteiger partial charge < -0.3 is 0 Å². The van der Waals surface area contributed by atoms with Crippen LogP contribution in [0.25, 0.3) is 10.8 Å². The Morgan fingerprint density at radius 1 is 0.867 bits per heavy atom. The fourth-order valence-electron chi connectivity index (χ4n) is 2.02. The van der Waals surface area contributed by atoms with Gasteiger partial charge in [-0.1, -0.05) is 18.2 Å². The average Bonchev–Trinajstić information content (AvgIpc) is 2.20. The van der Waals surface area contributed by atoms with Crippen molar-refractivity contribution >= 4 is 10.8 Å². The molecule has 0 radical (unpaired) electrons. The molecule has 0 aliphatic heterocycles. The molecule has 0 aliphatic carbocycles. The minimum atomic E-state index is -0.0758. The normalized spacial score (nSPS) is 11.0. The first kappa shape index (κ1) is 10.2. The van der Waals surface area contributed by atoms with E-state index in [0.717, 1.165) is 16.3 Å². The lowest BCUT2D eigenvalue weighted by Crippen LogP contribution is -1.93.